The molecule has 1 aromatic heterocycles. The molecular formula is C11H9ClN2O2S. The molecule has 0 saturated carbocycles. The van der Waals surface area contributed by atoms with E-state index in [-0.39, 0.29) is 17.1 Å². The van der Waals surface area contributed by atoms with Gasteiger partial charge in [0.25, 0.3) is 0 Å². The van der Waals surface area contributed by atoms with Crippen LogP contribution in [0.1, 0.15) is 15.4 Å². The number of ketones is 1. The van der Waals surface area contributed by atoms with Crippen molar-refractivity contribution in [3.8, 4) is 5.75 Å². The summed E-state index contributed by atoms with van der Waals surface area (Å²) >= 11 is 7.20. The third-order valence-corrected chi connectivity index (χ3v) is 3.27. The molecule has 0 amide bonds. The van der Waals surface area contributed by atoms with Gasteiger partial charge in [0.15, 0.2) is 10.8 Å². The summed E-state index contributed by atoms with van der Waals surface area (Å²) in [6.07, 6.45) is 1.56. The Labute approximate surface area is 107 Å². The minimum absolute atomic E-state index is 0.259. The first-order valence-electron chi connectivity index (χ1n) is 4.71. The highest BCUT2D eigenvalue weighted by Crippen LogP contribution is 2.34. The molecule has 88 valence electrons. The highest BCUT2D eigenvalue weighted by atomic mass is 35.5. The van der Waals surface area contributed by atoms with E-state index in [0.29, 0.717) is 15.7 Å². The molecule has 6 heteroatoms. The van der Waals surface area contributed by atoms with Crippen molar-refractivity contribution >= 4 is 34.4 Å². The number of carbonyl (C=O) groups is 1. The van der Waals surface area contributed by atoms with Gasteiger partial charge in [-0.25, -0.2) is 4.98 Å². The van der Waals surface area contributed by atoms with Crippen LogP contribution in [-0.2, 0) is 0 Å². The molecule has 0 aliphatic heterocycles. The maximum absolute atomic E-state index is 12.2. The molecule has 2 rings (SSSR count). The lowest BCUT2D eigenvalue weighted by Crippen LogP contribution is -2.07. The van der Waals surface area contributed by atoms with Gasteiger partial charge < -0.3 is 10.5 Å². The number of methoxy groups -OCH3 is 1. The van der Waals surface area contributed by atoms with Gasteiger partial charge in [-0.05, 0) is 12.1 Å². The van der Waals surface area contributed by atoms with Crippen molar-refractivity contribution in [3.63, 3.8) is 0 Å². The SMILES string of the molecule is COc1c(Cl)ccc(N)c1C(=O)c1nccs1. The number of anilines is 1. The maximum atomic E-state index is 12.2. The number of ether oxygens (including phenoxy) is 1. The highest BCUT2D eigenvalue weighted by Gasteiger charge is 2.21. The Hall–Kier alpha value is -1.59. The lowest BCUT2D eigenvalue weighted by Gasteiger charge is -2.10. The van der Waals surface area contributed by atoms with Crippen molar-refractivity contribution in [1.29, 1.82) is 0 Å². The maximum Gasteiger partial charge on any atom is 0.227 e. The number of benzene rings is 1. The molecule has 2 aromatic rings. The van der Waals surface area contributed by atoms with Crippen LogP contribution in [0.3, 0.4) is 0 Å². The number of rotatable bonds is 3. The highest BCUT2D eigenvalue weighted by molar-refractivity contribution is 7.11. The molecule has 0 aliphatic carbocycles. The first kappa shape index (κ1) is 11.9. The minimum atomic E-state index is -0.281. The van der Waals surface area contributed by atoms with Gasteiger partial charge >= 0.3 is 0 Å². The number of hydrogen-bond donors (Lipinski definition) is 1. The van der Waals surface area contributed by atoms with Gasteiger partial charge in [-0.15, -0.1) is 11.3 Å². The van der Waals surface area contributed by atoms with Crippen molar-refractivity contribution in [1.82, 2.24) is 4.98 Å². The molecule has 0 atom stereocenters. The average molecular weight is 269 g/mol. The zero-order valence-corrected chi connectivity index (χ0v) is 10.5. The Balaban J connectivity index is 2.58. The Morgan fingerprint density at radius 2 is 2.29 bits per heavy atom. The van der Waals surface area contributed by atoms with Gasteiger partial charge in [0.2, 0.25) is 5.78 Å². The molecule has 17 heavy (non-hydrogen) atoms. The van der Waals surface area contributed by atoms with E-state index in [9.17, 15) is 4.79 Å². The van der Waals surface area contributed by atoms with Gasteiger partial charge in [0, 0.05) is 17.3 Å². The molecule has 1 heterocycles. The molecule has 0 bridgehead atoms. The zero-order chi connectivity index (χ0) is 12.4. The summed E-state index contributed by atoms with van der Waals surface area (Å²) in [4.78, 5) is 16.1. The fourth-order valence-corrected chi connectivity index (χ4v) is 2.26. The van der Waals surface area contributed by atoms with Gasteiger partial charge in [0.05, 0.1) is 17.7 Å². The summed E-state index contributed by atoms with van der Waals surface area (Å²) in [6.45, 7) is 0. The number of aromatic nitrogens is 1. The number of carbonyl (C=O) groups excluding carboxylic acids is 1. The van der Waals surface area contributed by atoms with E-state index in [4.69, 9.17) is 22.1 Å². The average Bonchev–Trinajstić information content (AvgIpc) is 2.84. The first-order valence-corrected chi connectivity index (χ1v) is 5.97. The summed E-state index contributed by atoms with van der Waals surface area (Å²) < 4.78 is 5.12. The van der Waals surface area contributed by atoms with Crippen LogP contribution < -0.4 is 10.5 Å². The predicted octanol–water partition coefficient (Wildman–Crippen LogP) is 2.62. The zero-order valence-electron chi connectivity index (χ0n) is 8.94. The van der Waals surface area contributed by atoms with Crippen LogP contribution in [0, 0.1) is 0 Å². The van der Waals surface area contributed by atoms with E-state index in [0.717, 1.165) is 0 Å². The van der Waals surface area contributed by atoms with Crippen LogP contribution >= 0.6 is 22.9 Å². The minimum Gasteiger partial charge on any atom is -0.494 e. The second-order valence-electron chi connectivity index (χ2n) is 3.21. The number of hydrogen-bond acceptors (Lipinski definition) is 5. The van der Waals surface area contributed by atoms with Gasteiger partial charge in [-0.2, -0.15) is 0 Å². The Bertz CT molecular complexity index is 555. The van der Waals surface area contributed by atoms with Crippen LogP contribution in [0.15, 0.2) is 23.7 Å². The fraction of sp³-hybridized carbons (Fsp3) is 0.0909. The molecule has 0 spiro atoms. The van der Waals surface area contributed by atoms with Gasteiger partial charge in [-0.1, -0.05) is 11.6 Å². The molecule has 1 aromatic carbocycles. The number of thiazole rings is 1. The van der Waals surface area contributed by atoms with Crippen LogP contribution in [0.4, 0.5) is 5.69 Å². The number of nitrogen functional groups attached to an aromatic ring is 1. The van der Waals surface area contributed by atoms with Crippen LogP contribution in [0.5, 0.6) is 5.75 Å². The third-order valence-electron chi connectivity index (χ3n) is 2.20. The first-order chi connectivity index (χ1) is 8.15. The molecular weight excluding hydrogens is 260 g/mol. The second kappa shape index (κ2) is 4.73. The fourth-order valence-electron chi connectivity index (χ4n) is 1.45. The Morgan fingerprint density at radius 1 is 1.53 bits per heavy atom. The normalized spacial score (nSPS) is 10.2. The molecule has 0 saturated heterocycles. The quantitative estimate of drug-likeness (QED) is 0.686. The van der Waals surface area contributed by atoms with E-state index >= 15 is 0 Å². The van der Waals surface area contributed by atoms with Crippen molar-refractivity contribution in [2.45, 2.75) is 0 Å². The van der Waals surface area contributed by atoms with E-state index in [1.807, 2.05) is 0 Å². The smallest absolute Gasteiger partial charge is 0.227 e. The number of nitrogens with zero attached hydrogens (tertiary/aromatic N) is 1. The lowest BCUT2D eigenvalue weighted by molar-refractivity contribution is 0.103. The van der Waals surface area contributed by atoms with E-state index in [1.54, 1.807) is 23.7 Å². The molecule has 2 N–H and O–H groups in total. The van der Waals surface area contributed by atoms with Crippen molar-refractivity contribution in [2.75, 3.05) is 12.8 Å². The summed E-state index contributed by atoms with van der Waals surface area (Å²) in [5.74, 6) is 0.00344. The Morgan fingerprint density at radius 3 is 2.88 bits per heavy atom. The van der Waals surface area contributed by atoms with Crippen LogP contribution in [0.2, 0.25) is 5.02 Å². The standard InChI is InChI=1S/C11H9ClN2O2S/c1-16-10-6(12)2-3-7(13)8(10)9(15)11-14-4-5-17-11/h2-5H,13H2,1H3. The molecule has 0 fully saturated rings. The number of halogens is 1. The van der Waals surface area contributed by atoms with E-state index in [2.05, 4.69) is 4.98 Å². The molecule has 0 aliphatic rings. The third kappa shape index (κ3) is 2.11. The van der Waals surface area contributed by atoms with Gasteiger partial charge in [0.1, 0.15) is 0 Å². The lowest BCUT2D eigenvalue weighted by atomic mass is 10.1. The van der Waals surface area contributed by atoms with Crippen LogP contribution in [0.25, 0.3) is 0 Å². The summed E-state index contributed by atoms with van der Waals surface area (Å²) in [6, 6.07) is 3.17. The van der Waals surface area contributed by atoms with E-state index < -0.39 is 0 Å². The molecule has 4 nitrogen and oxygen atoms in total. The van der Waals surface area contributed by atoms with Crippen molar-refractivity contribution in [2.24, 2.45) is 0 Å². The van der Waals surface area contributed by atoms with Crippen molar-refractivity contribution in [3.05, 3.63) is 39.3 Å². The second-order valence-corrected chi connectivity index (χ2v) is 4.51. The summed E-state index contributed by atoms with van der Waals surface area (Å²) in [5.41, 5.74) is 6.37. The summed E-state index contributed by atoms with van der Waals surface area (Å²) in [7, 11) is 1.44. The Kier molecular flexibility index (Phi) is 3.31. The number of nitrogens with two attached hydrogens (primary N) is 1. The molecule has 0 unspecified atom stereocenters. The summed E-state index contributed by atoms with van der Waals surface area (Å²) in [5, 5.41) is 2.43. The predicted molar refractivity (Wildman–Crippen MR) is 68.0 cm³/mol. The molecule has 0 radical (unpaired) electrons. The van der Waals surface area contributed by atoms with E-state index in [1.165, 1.54) is 18.4 Å². The largest absolute Gasteiger partial charge is 0.494 e. The van der Waals surface area contributed by atoms with Gasteiger partial charge in [-0.3, -0.25) is 4.79 Å². The topological polar surface area (TPSA) is 65.2 Å². The monoisotopic (exact) mass is 268 g/mol. The van der Waals surface area contributed by atoms with Crippen molar-refractivity contribution < 1.29 is 9.53 Å². The van der Waals surface area contributed by atoms with Crippen LogP contribution in [-0.4, -0.2) is 17.9 Å².